The van der Waals surface area contributed by atoms with Gasteiger partial charge in [0.25, 0.3) is 0 Å². The smallest absolute Gasteiger partial charge is 0.119 e. The van der Waals surface area contributed by atoms with Gasteiger partial charge >= 0.3 is 0 Å². The van der Waals surface area contributed by atoms with Crippen molar-refractivity contribution in [3.05, 3.63) is 29.8 Å². The van der Waals surface area contributed by atoms with Crippen LogP contribution in [0.4, 0.5) is 0 Å². The molecule has 0 amide bonds. The molecule has 0 aromatic heterocycles. The molecule has 0 heterocycles. The monoisotopic (exact) mass is 260 g/mol. The topological polar surface area (TPSA) is 45.0 Å². The molecule has 0 fully saturated rings. The molecule has 1 aromatic carbocycles. The van der Waals surface area contributed by atoms with Crippen molar-refractivity contribution in [2.45, 2.75) is 45.6 Å². The van der Waals surface area contributed by atoms with E-state index in [9.17, 15) is 0 Å². The van der Waals surface area contributed by atoms with Gasteiger partial charge in [-0.1, -0.05) is 32.4 Å². The van der Waals surface area contributed by atoms with Crippen LogP contribution in [0.3, 0.4) is 0 Å². The van der Waals surface area contributed by atoms with Gasteiger partial charge in [0, 0.05) is 6.42 Å². The number of rotatable bonds is 8. The second-order valence-corrected chi connectivity index (χ2v) is 4.97. The lowest BCUT2D eigenvalue weighted by molar-refractivity contribution is 0.269. The summed E-state index contributed by atoms with van der Waals surface area (Å²) in [7, 11) is 0. The van der Waals surface area contributed by atoms with Gasteiger partial charge in [0.2, 0.25) is 0 Å². The molecule has 1 atom stereocenters. The number of nitrogens with zero attached hydrogens (tertiary/aromatic N) is 1. The summed E-state index contributed by atoms with van der Waals surface area (Å²) < 4.78 is 5.69. The first kappa shape index (κ1) is 15.5. The van der Waals surface area contributed by atoms with Crippen molar-refractivity contribution in [3.8, 4) is 11.8 Å². The predicted octanol–water partition coefficient (Wildman–Crippen LogP) is 3.30. The Balaban J connectivity index is 2.42. The fraction of sp³-hybridized carbons (Fsp3) is 0.562. The van der Waals surface area contributed by atoms with E-state index in [4.69, 9.17) is 10.00 Å². The van der Waals surface area contributed by atoms with Crippen LogP contribution in [0.1, 0.15) is 39.2 Å². The zero-order valence-electron chi connectivity index (χ0n) is 12.2. The highest BCUT2D eigenvalue weighted by atomic mass is 16.5. The van der Waals surface area contributed by atoms with Crippen LogP contribution in [-0.4, -0.2) is 18.7 Å². The molecule has 0 spiro atoms. The molecule has 1 unspecified atom stereocenters. The van der Waals surface area contributed by atoms with Gasteiger partial charge in [0.15, 0.2) is 0 Å². The summed E-state index contributed by atoms with van der Waals surface area (Å²) in [4.78, 5) is 0. The summed E-state index contributed by atoms with van der Waals surface area (Å²) in [6, 6.07) is 10.5. The maximum atomic E-state index is 9.14. The van der Waals surface area contributed by atoms with Crippen molar-refractivity contribution in [1.82, 2.24) is 5.32 Å². The molecule has 1 aromatic rings. The van der Waals surface area contributed by atoms with Crippen molar-refractivity contribution in [3.63, 3.8) is 0 Å². The molecule has 0 radical (unpaired) electrons. The summed E-state index contributed by atoms with van der Waals surface area (Å²) in [5, 5.41) is 12.3. The molecule has 1 rings (SSSR count). The van der Waals surface area contributed by atoms with Crippen molar-refractivity contribution in [2.24, 2.45) is 0 Å². The van der Waals surface area contributed by atoms with E-state index in [0.717, 1.165) is 25.1 Å². The first-order chi connectivity index (χ1) is 9.13. The lowest BCUT2D eigenvalue weighted by Crippen LogP contribution is -2.42. The predicted molar refractivity (Wildman–Crippen MR) is 78.2 cm³/mol. The molecule has 0 bridgehead atoms. The second-order valence-electron chi connectivity index (χ2n) is 4.97. The van der Waals surface area contributed by atoms with Gasteiger partial charge in [-0.05, 0) is 37.6 Å². The quantitative estimate of drug-likeness (QED) is 0.780. The van der Waals surface area contributed by atoms with Gasteiger partial charge < -0.3 is 4.74 Å². The molecule has 0 aliphatic heterocycles. The molecule has 0 saturated carbocycles. The number of nitrogens with one attached hydrogen (secondary N) is 1. The second kappa shape index (κ2) is 7.81. The van der Waals surface area contributed by atoms with Gasteiger partial charge in [0.05, 0.1) is 12.7 Å². The highest BCUT2D eigenvalue weighted by Crippen LogP contribution is 2.15. The summed E-state index contributed by atoms with van der Waals surface area (Å²) >= 11 is 0. The highest BCUT2D eigenvalue weighted by molar-refractivity contribution is 5.27. The van der Waals surface area contributed by atoms with Crippen LogP contribution in [0.5, 0.6) is 5.75 Å². The van der Waals surface area contributed by atoms with E-state index in [2.05, 4.69) is 30.4 Å². The maximum absolute atomic E-state index is 9.14. The van der Waals surface area contributed by atoms with Crippen LogP contribution in [0.15, 0.2) is 24.3 Å². The molecule has 104 valence electrons. The average molecular weight is 260 g/mol. The van der Waals surface area contributed by atoms with Crippen LogP contribution in [0, 0.1) is 11.3 Å². The fourth-order valence-electron chi connectivity index (χ4n) is 1.99. The van der Waals surface area contributed by atoms with E-state index in [1.54, 1.807) is 0 Å². The average Bonchev–Trinajstić information content (AvgIpc) is 2.41. The number of hydrogen-bond donors (Lipinski definition) is 1. The van der Waals surface area contributed by atoms with Crippen LogP contribution in [0.2, 0.25) is 0 Å². The van der Waals surface area contributed by atoms with Crippen LogP contribution >= 0.6 is 0 Å². The number of ether oxygens (including phenoxy) is 1. The number of benzene rings is 1. The summed E-state index contributed by atoms with van der Waals surface area (Å²) in [6.45, 7) is 7.42. The van der Waals surface area contributed by atoms with E-state index in [1.807, 2.05) is 26.0 Å². The Morgan fingerprint density at radius 2 is 1.95 bits per heavy atom. The highest BCUT2D eigenvalue weighted by Gasteiger charge is 2.21. The Bertz CT molecular complexity index is 408. The molecule has 3 nitrogen and oxygen atoms in total. The minimum Gasteiger partial charge on any atom is -0.493 e. The summed E-state index contributed by atoms with van der Waals surface area (Å²) in [5.74, 6) is 0.872. The van der Waals surface area contributed by atoms with Crippen LogP contribution in [-0.2, 0) is 6.42 Å². The van der Waals surface area contributed by atoms with Gasteiger partial charge in [-0.2, -0.15) is 5.26 Å². The van der Waals surface area contributed by atoms with Gasteiger partial charge in [-0.15, -0.1) is 0 Å². The Labute approximate surface area is 116 Å². The van der Waals surface area contributed by atoms with Gasteiger partial charge in [-0.3, -0.25) is 5.32 Å². The zero-order valence-corrected chi connectivity index (χ0v) is 12.2. The standard InChI is InChI=1S/C16H24N2O/c1-4-6-14-7-9-15(10-8-14)19-12-11-16(3,13-17)18-5-2/h7-10,18H,4-6,11-12H2,1-3H3. The van der Waals surface area contributed by atoms with E-state index in [1.165, 1.54) is 5.56 Å². The number of aryl methyl sites for hydroxylation is 1. The van der Waals surface area contributed by atoms with Gasteiger partial charge in [0.1, 0.15) is 11.3 Å². The van der Waals surface area contributed by atoms with E-state index < -0.39 is 5.54 Å². The third kappa shape index (κ3) is 5.32. The third-order valence-corrected chi connectivity index (χ3v) is 3.15. The zero-order chi connectivity index (χ0) is 14.1. The molecule has 3 heteroatoms. The van der Waals surface area contributed by atoms with E-state index in [-0.39, 0.29) is 0 Å². The van der Waals surface area contributed by atoms with E-state index >= 15 is 0 Å². The first-order valence-electron chi connectivity index (χ1n) is 7.01. The van der Waals surface area contributed by atoms with Gasteiger partial charge in [-0.25, -0.2) is 0 Å². The largest absolute Gasteiger partial charge is 0.493 e. The minimum absolute atomic E-state index is 0.503. The molecule has 0 saturated heterocycles. The molecular weight excluding hydrogens is 236 g/mol. The SMILES string of the molecule is CCCc1ccc(OCCC(C)(C#N)NCC)cc1. The minimum atomic E-state index is -0.503. The van der Waals surface area contributed by atoms with Crippen molar-refractivity contribution in [1.29, 1.82) is 5.26 Å². The Morgan fingerprint density at radius 3 is 2.47 bits per heavy atom. The Hall–Kier alpha value is -1.53. The molecular formula is C16H24N2O. The molecule has 19 heavy (non-hydrogen) atoms. The molecule has 0 aliphatic rings. The Kier molecular flexibility index (Phi) is 6.38. The lowest BCUT2D eigenvalue weighted by atomic mass is 10.0. The normalized spacial score (nSPS) is 13.6. The van der Waals surface area contributed by atoms with Crippen molar-refractivity contribution >= 4 is 0 Å². The summed E-state index contributed by atoms with van der Waals surface area (Å²) in [5.41, 5.74) is 0.834. The van der Waals surface area contributed by atoms with Crippen LogP contribution < -0.4 is 10.1 Å². The maximum Gasteiger partial charge on any atom is 0.119 e. The molecule has 1 N–H and O–H groups in total. The third-order valence-electron chi connectivity index (χ3n) is 3.15. The van der Waals surface area contributed by atoms with Crippen LogP contribution in [0.25, 0.3) is 0 Å². The van der Waals surface area contributed by atoms with Crippen molar-refractivity contribution in [2.75, 3.05) is 13.2 Å². The first-order valence-corrected chi connectivity index (χ1v) is 7.01. The molecule has 0 aliphatic carbocycles. The van der Waals surface area contributed by atoms with Crippen molar-refractivity contribution < 1.29 is 4.74 Å². The fourth-order valence-corrected chi connectivity index (χ4v) is 1.99. The number of hydrogen-bond acceptors (Lipinski definition) is 3. The summed E-state index contributed by atoms with van der Waals surface area (Å²) in [6.07, 6.45) is 2.94. The van der Waals surface area contributed by atoms with E-state index in [0.29, 0.717) is 13.0 Å². The lowest BCUT2D eigenvalue weighted by Gasteiger charge is -2.22. The Morgan fingerprint density at radius 1 is 1.26 bits per heavy atom. The number of nitriles is 1.